The summed E-state index contributed by atoms with van der Waals surface area (Å²) in [4.78, 5) is 13.7. The van der Waals surface area contributed by atoms with Crippen LogP contribution in [0.25, 0.3) is 11.2 Å². The number of nitrogens with zero attached hydrogens (tertiary/aromatic N) is 4. The van der Waals surface area contributed by atoms with Gasteiger partial charge in [-0.15, -0.1) is 0 Å². The molecule has 0 aliphatic rings. The lowest BCUT2D eigenvalue weighted by atomic mass is 9.93. The standard InChI is InChI=1S/C20H27IN6O2/c1-5-27-11-24-16-17(22-10-13-8-14(21)6-7-15(13)28)25-19(26-18(16)27)23-9-12(2)20(3,4)29/h6-8,11-12,28-29H,5,9-10H2,1-4H3,(H2,22,23,25,26). The first-order valence-electron chi connectivity index (χ1n) is 9.59. The topological polar surface area (TPSA) is 108 Å². The lowest BCUT2D eigenvalue weighted by Gasteiger charge is -2.26. The number of nitrogens with one attached hydrogen (secondary N) is 2. The third kappa shape index (κ3) is 5.08. The molecule has 9 heteroatoms. The third-order valence-corrected chi connectivity index (χ3v) is 5.74. The zero-order chi connectivity index (χ0) is 21.2. The van der Waals surface area contributed by atoms with Crippen LogP contribution in [0.4, 0.5) is 11.8 Å². The molecule has 2 aromatic heterocycles. The van der Waals surface area contributed by atoms with Crippen LogP contribution in [0.3, 0.4) is 0 Å². The second-order valence-electron chi connectivity index (χ2n) is 7.66. The number of anilines is 2. The molecule has 8 nitrogen and oxygen atoms in total. The molecule has 156 valence electrons. The van der Waals surface area contributed by atoms with E-state index < -0.39 is 5.60 Å². The van der Waals surface area contributed by atoms with Crippen molar-refractivity contribution in [2.75, 3.05) is 17.2 Å². The number of aromatic nitrogens is 4. The van der Waals surface area contributed by atoms with Gasteiger partial charge in [0.1, 0.15) is 5.75 Å². The zero-order valence-corrected chi connectivity index (χ0v) is 19.2. The van der Waals surface area contributed by atoms with Crippen LogP contribution in [-0.4, -0.2) is 41.9 Å². The van der Waals surface area contributed by atoms with Crippen LogP contribution < -0.4 is 10.6 Å². The second kappa shape index (κ2) is 8.70. The molecular weight excluding hydrogens is 483 g/mol. The van der Waals surface area contributed by atoms with E-state index in [1.165, 1.54) is 0 Å². The first kappa shape index (κ1) is 21.6. The summed E-state index contributed by atoms with van der Waals surface area (Å²) in [5, 5.41) is 26.8. The Hall–Kier alpha value is -2.14. The van der Waals surface area contributed by atoms with Gasteiger partial charge in [0.25, 0.3) is 0 Å². The molecule has 0 aliphatic carbocycles. The fourth-order valence-electron chi connectivity index (χ4n) is 2.75. The lowest BCUT2D eigenvalue weighted by molar-refractivity contribution is 0.0303. The summed E-state index contributed by atoms with van der Waals surface area (Å²) in [6.07, 6.45) is 1.75. The molecule has 1 unspecified atom stereocenters. The minimum absolute atomic E-state index is 0.0117. The molecular formula is C20H27IN6O2. The van der Waals surface area contributed by atoms with Gasteiger partial charge in [-0.2, -0.15) is 9.97 Å². The molecule has 0 radical (unpaired) electrons. The van der Waals surface area contributed by atoms with Gasteiger partial charge in [0.2, 0.25) is 5.95 Å². The molecule has 0 saturated carbocycles. The van der Waals surface area contributed by atoms with Gasteiger partial charge in [-0.05, 0) is 61.6 Å². The molecule has 1 atom stereocenters. The van der Waals surface area contributed by atoms with Crippen molar-refractivity contribution in [3.05, 3.63) is 33.7 Å². The fraction of sp³-hybridized carbons (Fsp3) is 0.450. The Kier molecular flexibility index (Phi) is 6.47. The minimum atomic E-state index is -0.800. The van der Waals surface area contributed by atoms with E-state index in [1.54, 1.807) is 26.2 Å². The number of halogens is 1. The Labute approximate surface area is 183 Å². The van der Waals surface area contributed by atoms with Crippen LogP contribution in [0.15, 0.2) is 24.5 Å². The summed E-state index contributed by atoms with van der Waals surface area (Å²) in [7, 11) is 0. The van der Waals surface area contributed by atoms with Gasteiger partial charge in [-0.1, -0.05) is 6.92 Å². The summed E-state index contributed by atoms with van der Waals surface area (Å²) < 4.78 is 3.00. The monoisotopic (exact) mass is 510 g/mol. The van der Waals surface area contributed by atoms with Crippen LogP contribution >= 0.6 is 22.6 Å². The van der Waals surface area contributed by atoms with Crippen LogP contribution in [0.1, 0.15) is 33.3 Å². The van der Waals surface area contributed by atoms with Crippen LogP contribution in [0.5, 0.6) is 5.75 Å². The van der Waals surface area contributed by atoms with Crippen molar-refractivity contribution in [3.63, 3.8) is 0 Å². The predicted molar refractivity (Wildman–Crippen MR) is 123 cm³/mol. The van der Waals surface area contributed by atoms with E-state index in [2.05, 4.69) is 48.2 Å². The highest BCUT2D eigenvalue weighted by Crippen LogP contribution is 2.25. The maximum absolute atomic E-state index is 10.2. The van der Waals surface area contributed by atoms with Gasteiger partial charge < -0.3 is 25.4 Å². The number of hydrogen-bond acceptors (Lipinski definition) is 7. The highest BCUT2D eigenvalue weighted by Gasteiger charge is 2.22. The van der Waals surface area contributed by atoms with Crippen molar-refractivity contribution in [1.82, 2.24) is 19.5 Å². The molecule has 0 bridgehead atoms. The van der Waals surface area contributed by atoms with Crippen molar-refractivity contribution in [3.8, 4) is 5.75 Å². The SMILES string of the molecule is CCn1cnc2c(NCc3cc(I)ccc3O)nc(NCC(C)C(C)(C)O)nc21. The van der Waals surface area contributed by atoms with Gasteiger partial charge in [-0.3, -0.25) is 0 Å². The molecule has 0 fully saturated rings. The highest BCUT2D eigenvalue weighted by molar-refractivity contribution is 14.1. The van der Waals surface area contributed by atoms with E-state index in [0.717, 1.165) is 21.3 Å². The Morgan fingerprint density at radius 2 is 2.00 bits per heavy atom. The molecule has 3 rings (SSSR count). The predicted octanol–water partition coefficient (Wildman–Crippen LogP) is 3.59. The van der Waals surface area contributed by atoms with Crippen LogP contribution in [0.2, 0.25) is 0 Å². The molecule has 0 amide bonds. The van der Waals surface area contributed by atoms with Crippen molar-refractivity contribution >= 4 is 45.5 Å². The smallest absolute Gasteiger partial charge is 0.226 e. The first-order valence-corrected chi connectivity index (χ1v) is 10.7. The number of phenols is 1. The average Bonchev–Trinajstić information content (AvgIpc) is 3.09. The summed E-state index contributed by atoms with van der Waals surface area (Å²) in [5.41, 5.74) is 1.39. The average molecular weight is 510 g/mol. The Bertz CT molecular complexity index is 999. The number of imidazole rings is 1. The van der Waals surface area contributed by atoms with Crippen LogP contribution in [-0.2, 0) is 13.1 Å². The number of aryl methyl sites for hydroxylation is 1. The van der Waals surface area contributed by atoms with Crippen molar-refractivity contribution in [2.45, 2.75) is 46.4 Å². The van der Waals surface area contributed by atoms with Gasteiger partial charge in [0.15, 0.2) is 17.0 Å². The number of benzene rings is 1. The van der Waals surface area contributed by atoms with E-state index in [0.29, 0.717) is 30.4 Å². The van der Waals surface area contributed by atoms with E-state index in [-0.39, 0.29) is 11.7 Å². The summed E-state index contributed by atoms with van der Waals surface area (Å²) >= 11 is 2.22. The Morgan fingerprint density at radius 1 is 1.24 bits per heavy atom. The Balaban J connectivity index is 1.88. The molecule has 29 heavy (non-hydrogen) atoms. The molecule has 1 aromatic carbocycles. The molecule has 2 heterocycles. The van der Waals surface area contributed by atoms with E-state index in [9.17, 15) is 10.2 Å². The largest absolute Gasteiger partial charge is 0.508 e. The maximum atomic E-state index is 10.2. The van der Waals surface area contributed by atoms with Crippen molar-refractivity contribution in [1.29, 1.82) is 0 Å². The minimum Gasteiger partial charge on any atom is -0.508 e. The summed E-state index contributed by atoms with van der Waals surface area (Å²) in [6, 6.07) is 5.47. The van der Waals surface area contributed by atoms with Gasteiger partial charge in [0, 0.05) is 34.7 Å². The maximum Gasteiger partial charge on any atom is 0.226 e. The summed E-state index contributed by atoms with van der Waals surface area (Å²) in [5.74, 6) is 1.31. The van der Waals surface area contributed by atoms with E-state index in [4.69, 9.17) is 0 Å². The van der Waals surface area contributed by atoms with E-state index in [1.807, 2.05) is 30.5 Å². The normalized spacial score (nSPS) is 12.9. The molecule has 0 saturated heterocycles. The number of fused-ring (bicyclic) bond motifs is 1. The summed E-state index contributed by atoms with van der Waals surface area (Å²) in [6.45, 7) is 9.26. The fourth-order valence-corrected chi connectivity index (χ4v) is 3.30. The number of hydrogen-bond donors (Lipinski definition) is 4. The van der Waals surface area contributed by atoms with Crippen molar-refractivity contribution < 1.29 is 10.2 Å². The number of phenolic OH excluding ortho intramolecular Hbond substituents is 1. The number of rotatable bonds is 8. The second-order valence-corrected chi connectivity index (χ2v) is 8.91. The van der Waals surface area contributed by atoms with Crippen molar-refractivity contribution in [2.24, 2.45) is 5.92 Å². The number of aliphatic hydroxyl groups is 1. The van der Waals surface area contributed by atoms with Gasteiger partial charge >= 0.3 is 0 Å². The van der Waals surface area contributed by atoms with Crippen LogP contribution in [0, 0.1) is 9.49 Å². The molecule has 3 aromatic rings. The molecule has 0 aliphatic heterocycles. The van der Waals surface area contributed by atoms with Gasteiger partial charge in [-0.25, -0.2) is 4.98 Å². The first-order chi connectivity index (χ1) is 13.7. The Morgan fingerprint density at radius 3 is 2.69 bits per heavy atom. The number of aromatic hydroxyl groups is 1. The molecule has 0 spiro atoms. The van der Waals surface area contributed by atoms with E-state index >= 15 is 0 Å². The quantitative estimate of drug-likeness (QED) is 0.343. The third-order valence-electron chi connectivity index (χ3n) is 5.06. The van der Waals surface area contributed by atoms with Gasteiger partial charge in [0.05, 0.1) is 11.9 Å². The lowest BCUT2D eigenvalue weighted by Crippen LogP contribution is -2.33. The zero-order valence-electron chi connectivity index (χ0n) is 17.1. The highest BCUT2D eigenvalue weighted by atomic mass is 127. The molecule has 4 N–H and O–H groups in total.